The van der Waals surface area contributed by atoms with Crippen molar-refractivity contribution in [2.75, 3.05) is 20.7 Å². The standard InChI is InChI=1S/C36H57N3O7/c1-23(9-16-33-24(2)18-32(26(4)45-33)38-34(41)17-10-25(3)44-27(5)40)8-15-30-20-36(22-43-36)21-31(46-30)19-35(42)37-28-11-13-29(14-12-28)39(6)7/h8-10,15,17,24-26,28-33H,11-14,16,18-22H2,1-7H3,(H,37,42)(H,38,41)/b15-8+,17-10?,23-9+/t24-,25?,26+,28?,29?,30+,31+,32+,33-,36+/m0/s1. The zero-order valence-electron chi connectivity index (χ0n) is 29.0. The van der Waals surface area contributed by atoms with E-state index in [0.717, 1.165) is 63.5 Å². The van der Waals surface area contributed by atoms with Crippen molar-refractivity contribution in [2.45, 2.75) is 147 Å². The Balaban J connectivity index is 1.21. The first-order chi connectivity index (χ1) is 21.8. The quantitative estimate of drug-likeness (QED) is 0.139. The van der Waals surface area contributed by atoms with Crippen LogP contribution in [-0.2, 0) is 33.3 Å². The highest BCUT2D eigenvalue weighted by Crippen LogP contribution is 2.43. The molecule has 0 aromatic carbocycles. The lowest BCUT2D eigenvalue weighted by atomic mass is 9.88. The molecule has 0 aromatic rings. The molecule has 1 saturated carbocycles. The van der Waals surface area contributed by atoms with Crippen LogP contribution in [0, 0.1) is 5.92 Å². The minimum absolute atomic E-state index is 0.0564. The molecule has 10 heteroatoms. The van der Waals surface area contributed by atoms with Crippen LogP contribution in [0.15, 0.2) is 36.0 Å². The molecule has 4 rings (SSSR count). The molecule has 8 atom stereocenters. The van der Waals surface area contributed by atoms with Gasteiger partial charge < -0.3 is 34.5 Å². The van der Waals surface area contributed by atoms with Gasteiger partial charge in [-0.2, -0.15) is 0 Å². The molecule has 4 aliphatic rings. The Morgan fingerprint density at radius 2 is 1.74 bits per heavy atom. The molecule has 0 radical (unpaired) electrons. The van der Waals surface area contributed by atoms with Gasteiger partial charge in [0.15, 0.2) is 0 Å². The third-order valence-electron chi connectivity index (χ3n) is 9.96. The smallest absolute Gasteiger partial charge is 0.303 e. The Hall–Kier alpha value is -2.53. The van der Waals surface area contributed by atoms with Crippen LogP contribution in [-0.4, -0.2) is 97.6 Å². The summed E-state index contributed by atoms with van der Waals surface area (Å²) in [5, 5.41) is 6.30. The van der Waals surface area contributed by atoms with Crippen LogP contribution in [0.4, 0.5) is 0 Å². The lowest BCUT2D eigenvalue weighted by molar-refractivity contribution is -0.143. The molecule has 3 aliphatic heterocycles. The Kier molecular flexibility index (Phi) is 13.0. The fourth-order valence-electron chi connectivity index (χ4n) is 7.11. The number of hydrogen-bond acceptors (Lipinski definition) is 8. The maximum atomic E-state index is 12.9. The zero-order valence-corrected chi connectivity index (χ0v) is 29.0. The predicted molar refractivity (Wildman–Crippen MR) is 177 cm³/mol. The van der Waals surface area contributed by atoms with Gasteiger partial charge in [-0.05, 0) is 85.4 Å². The van der Waals surface area contributed by atoms with E-state index < -0.39 is 6.10 Å². The molecule has 1 unspecified atom stereocenters. The van der Waals surface area contributed by atoms with Crippen molar-refractivity contribution in [2.24, 2.45) is 5.92 Å². The summed E-state index contributed by atoms with van der Waals surface area (Å²) < 4.78 is 23.6. The number of esters is 1. The van der Waals surface area contributed by atoms with E-state index in [9.17, 15) is 14.4 Å². The van der Waals surface area contributed by atoms with Crippen molar-refractivity contribution in [3.8, 4) is 0 Å². The van der Waals surface area contributed by atoms with Gasteiger partial charge in [0, 0.05) is 37.9 Å². The molecule has 10 nitrogen and oxygen atoms in total. The second-order valence-electron chi connectivity index (χ2n) is 14.3. The highest BCUT2D eigenvalue weighted by atomic mass is 16.6. The van der Waals surface area contributed by atoms with E-state index in [1.165, 1.54) is 13.0 Å². The monoisotopic (exact) mass is 643 g/mol. The fourth-order valence-corrected chi connectivity index (χ4v) is 7.11. The fraction of sp³-hybridized carbons (Fsp3) is 0.750. The number of epoxide rings is 1. The summed E-state index contributed by atoms with van der Waals surface area (Å²) in [6.45, 7) is 10.0. The zero-order chi connectivity index (χ0) is 33.4. The first kappa shape index (κ1) is 36.3. The van der Waals surface area contributed by atoms with Crippen LogP contribution in [0.25, 0.3) is 0 Å². The van der Waals surface area contributed by atoms with Gasteiger partial charge in [0.05, 0.1) is 49.1 Å². The lowest BCUT2D eigenvalue weighted by Gasteiger charge is -2.39. The minimum atomic E-state index is -0.459. The summed E-state index contributed by atoms with van der Waals surface area (Å²) in [7, 11) is 4.26. The molecule has 258 valence electrons. The molecule has 2 N–H and O–H groups in total. The SMILES string of the molecule is CC(=O)OC(C)C=CC(=O)N[C@@H]1C[C@H](C)[C@H](C/C=C(C)/C=C/[C@@H]2C[C@]3(CO3)C[C@@H](CC(=O)NC3CCC(N(C)C)CC3)O2)O[C@@H]1C. The molecule has 1 spiro atoms. The van der Waals surface area contributed by atoms with E-state index >= 15 is 0 Å². The van der Waals surface area contributed by atoms with Crippen molar-refractivity contribution in [1.82, 2.24) is 15.5 Å². The van der Waals surface area contributed by atoms with Crippen LogP contribution in [0.2, 0.25) is 0 Å². The van der Waals surface area contributed by atoms with Crippen molar-refractivity contribution in [3.05, 3.63) is 36.0 Å². The Morgan fingerprint density at radius 3 is 2.39 bits per heavy atom. The average Bonchev–Trinajstić information content (AvgIpc) is 3.72. The van der Waals surface area contributed by atoms with E-state index in [1.807, 2.05) is 6.92 Å². The molecule has 46 heavy (non-hydrogen) atoms. The first-order valence-electron chi connectivity index (χ1n) is 17.2. The topological polar surface area (TPSA) is 119 Å². The van der Waals surface area contributed by atoms with Gasteiger partial charge in [-0.3, -0.25) is 14.4 Å². The molecule has 0 aromatic heterocycles. The van der Waals surface area contributed by atoms with Crippen molar-refractivity contribution in [1.29, 1.82) is 0 Å². The molecular formula is C36H57N3O7. The molecule has 3 heterocycles. The number of nitrogens with zero attached hydrogens (tertiary/aromatic N) is 1. The largest absolute Gasteiger partial charge is 0.459 e. The van der Waals surface area contributed by atoms with Crippen molar-refractivity contribution < 1.29 is 33.3 Å². The van der Waals surface area contributed by atoms with Gasteiger partial charge in [-0.15, -0.1) is 0 Å². The lowest BCUT2D eigenvalue weighted by Crippen LogP contribution is -2.50. The Morgan fingerprint density at radius 1 is 1.02 bits per heavy atom. The molecule has 3 saturated heterocycles. The van der Waals surface area contributed by atoms with Crippen LogP contribution in [0.3, 0.4) is 0 Å². The van der Waals surface area contributed by atoms with Gasteiger partial charge in [-0.1, -0.05) is 30.7 Å². The van der Waals surface area contributed by atoms with E-state index in [4.69, 9.17) is 18.9 Å². The number of ether oxygens (including phenoxy) is 4. The van der Waals surface area contributed by atoms with Gasteiger partial charge in [0.2, 0.25) is 11.8 Å². The van der Waals surface area contributed by atoms with Gasteiger partial charge in [-0.25, -0.2) is 0 Å². The van der Waals surface area contributed by atoms with Gasteiger partial charge in [0.1, 0.15) is 6.10 Å². The molecule has 2 amide bonds. The van der Waals surface area contributed by atoms with E-state index in [1.54, 1.807) is 13.0 Å². The summed E-state index contributed by atoms with van der Waals surface area (Å²) in [6, 6.07) is 0.780. The Bertz CT molecular complexity index is 1140. The van der Waals surface area contributed by atoms with E-state index in [0.29, 0.717) is 12.5 Å². The number of rotatable bonds is 12. The highest BCUT2D eigenvalue weighted by Gasteiger charge is 2.51. The number of carbonyl (C=O) groups excluding carboxylic acids is 3. The van der Waals surface area contributed by atoms with Gasteiger partial charge in [0.25, 0.3) is 0 Å². The summed E-state index contributed by atoms with van der Waals surface area (Å²) in [6.07, 6.45) is 16.5. The average molecular weight is 644 g/mol. The number of carbonyl (C=O) groups is 3. The summed E-state index contributed by atoms with van der Waals surface area (Å²) in [5.41, 5.74) is 0.983. The molecule has 1 aliphatic carbocycles. The summed E-state index contributed by atoms with van der Waals surface area (Å²) in [5.74, 6) is -0.257. The van der Waals surface area contributed by atoms with Gasteiger partial charge >= 0.3 is 5.97 Å². The van der Waals surface area contributed by atoms with E-state index in [2.05, 4.69) is 61.7 Å². The summed E-state index contributed by atoms with van der Waals surface area (Å²) in [4.78, 5) is 38.7. The maximum Gasteiger partial charge on any atom is 0.303 e. The molecular weight excluding hydrogens is 586 g/mol. The normalized spacial score (nSPS) is 35.8. The second kappa shape index (κ2) is 16.5. The first-order valence-corrected chi connectivity index (χ1v) is 17.2. The third kappa shape index (κ3) is 11.3. The van der Waals surface area contributed by atoms with Crippen LogP contribution < -0.4 is 10.6 Å². The van der Waals surface area contributed by atoms with E-state index in [-0.39, 0.29) is 65.8 Å². The molecule has 4 fully saturated rings. The maximum absolute atomic E-state index is 12.9. The second-order valence-corrected chi connectivity index (χ2v) is 14.3. The van der Waals surface area contributed by atoms with Crippen LogP contribution in [0.5, 0.6) is 0 Å². The minimum Gasteiger partial charge on any atom is -0.459 e. The molecule has 0 bridgehead atoms. The number of allylic oxidation sites excluding steroid dienone is 2. The predicted octanol–water partition coefficient (Wildman–Crippen LogP) is 4.38. The van der Waals surface area contributed by atoms with Crippen molar-refractivity contribution in [3.63, 3.8) is 0 Å². The van der Waals surface area contributed by atoms with Crippen molar-refractivity contribution >= 4 is 17.8 Å². The number of amides is 2. The highest BCUT2D eigenvalue weighted by molar-refractivity contribution is 5.87. The van der Waals surface area contributed by atoms with Crippen LogP contribution >= 0.6 is 0 Å². The number of hydrogen-bond donors (Lipinski definition) is 2. The van der Waals surface area contributed by atoms with Crippen LogP contribution in [0.1, 0.15) is 92.4 Å². The Labute approximate surface area is 275 Å². The third-order valence-corrected chi connectivity index (χ3v) is 9.96. The number of nitrogens with one attached hydrogen (secondary N) is 2. The summed E-state index contributed by atoms with van der Waals surface area (Å²) >= 11 is 0.